The molecule has 0 amide bonds. The largest absolute Gasteiger partial charge is 0.281 e. The zero-order chi connectivity index (χ0) is 13.0. The molecule has 0 N–H and O–H groups in total. The lowest BCUT2D eigenvalue weighted by molar-refractivity contribution is -0.116. The molecular formula is C16H27ClO. The van der Waals surface area contributed by atoms with Crippen molar-refractivity contribution in [2.75, 3.05) is 0 Å². The zero-order valence-electron chi connectivity index (χ0n) is 11.7. The Hall–Kier alpha value is -0.0400. The lowest BCUT2D eigenvalue weighted by atomic mass is 9.69. The summed E-state index contributed by atoms with van der Waals surface area (Å²) in [6, 6.07) is 0. The van der Waals surface area contributed by atoms with Gasteiger partial charge in [-0.25, -0.2) is 0 Å². The lowest BCUT2D eigenvalue weighted by Crippen LogP contribution is -2.27. The molecule has 0 aromatic rings. The predicted octanol–water partition coefficient (Wildman–Crippen LogP) is 5.16. The van der Waals surface area contributed by atoms with Crippen LogP contribution in [0.4, 0.5) is 0 Å². The molecule has 0 bridgehead atoms. The van der Waals surface area contributed by atoms with Crippen LogP contribution in [0.1, 0.15) is 71.1 Å². The van der Waals surface area contributed by atoms with Gasteiger partial charge in [0.15, 0.2) is 0 Å². The van der Waals surface area contributed by atoms with Crippen LogP contribution in [-0.2, 0) is 4.79 Å². The van der Waals surface area contributed by atoms with Gasteiger partial charge in [-0.1, -0.05) is 32.6 Å². The van der Waals surface area contributed by atoms with E-state index in [1.54, 1.807) is 0 Å². The summed E-state index contributed by atoms with van der Waals surface area (Å²) in [7, 11) is 0. The van der Waals surface area contributed by atoms with Crippen LogP contribution < -0.4 is 0 Å². The minimum Gasteiger partial charge on any atom is -0.281 e. The summed E-state index contributed by atoms with van der Waals surface area (Å²) in [5.41, 5.74) is 0. The maximum atomic E-state index is 11.2. The predicted molar refractivity (Wildman–Crippen MR) is 76.7 cm³/mol. The molecule has 2 heteroatoms. The fourth-order valence-electron chi connectivity index (χ4n) is 4.17. The highest BCUT2D eigenvalue weighted by molar-refractivity contribution is 6.63. The van der Waals surface area contributed by atoms with Gasteiger partial charge in [0.25, 0.3) is 0 Å². The molecule has 1 nitrogen and oxygen atoms in total. The van der Waals surface area contributed by atoms with Crippen LogP contribution in [0.25, 0.3) is 0 Å². The van der Waals surface area contributed by atoms with Crippen LogP contribution in [0.2, 0.25) is 0 Å². The summed E-state index contributed by atoms with van der Waals surface area (Å²) >= 11 is 5.61. The molecule has 2 aliphatic rings. The Morgan fingerprint density at radius 1 is 0.944 bits per heavy atom. The maximum absolute atomic E-state index is 11.2. The first-order chi connectivity index (χ1) is 8.70. The van der Waals surface area contributed by atoms with E-state index in [1.165, 1.54) is 51.4 Å². The van der Waals surface area contributed by atoms with Gasteiger partial charge in [0, 0.05) is 5.92 Å². The molecule has 0 aromatic carbocycles. The summed E-state index contributed by atoms with van der Waals surface area (Å²) in [5, 5.41) is -0.0971. The third-order valence-electron chi connectivity index (χ3n) is 5.35. The van der Waals surface area contributed by atoms with Gasteiger partial charge in [-0.05, 0) is 67.9 Å². The summed E-state index contributed by atoms with van der Waals surface area (Å²) in [6.07, 6.45) is 13.1. The quantitative estimate of drug-likeness (QED) is 0.645. The Balaban J connectivity index is 1.73. The van der Waals surface area contributed by atoms with Crippen molar-refractivity contribution in [1.82, 2.24) is 0 Å². The molecule has 2 fully saturated rings. The van der Waals surface area contributed by atoms with E-state index in [9.17, 15) is 4.79 Å². The van der Waals surface area contributed by atoms with Crippen molar-refractivity contribution in [3.63, 3.8) is 0 Å². The Labute approximate surface area is 117 Å². The lowest BCUT2D eigenvalue weighted by Gasteiger charge is -2.37. The van der Waals surface area contributed by atoms with Crippen LogP contribution in [0.5, 0.6) is 0 Å². The van der Waals surface area contributed by atoms with Crippen LogP contribution in [0, 0.1) is 23.7 Å². The van der Waals surface area contributed by atoms with Crippen LogP contribution in [0.3, 0.4) is 0 Å². The first kappa shape index (κ1) is 14.4. The first-order valence-electron chi connectivity index (χ1n) is 7.90. The number of rotatable bonds is 4. The van der Waals surface area contributed by atoms with Gasteiger partial charge in [-0.2, -0.15) is 0 Å². The van der Waals surface area contributed by atoms with Crippen LogP contribution in [0.15, 0.2) is 0 Å². The number of carbonyl (C=O) groups excluding carboxylic acids is 1. The van der Waals surface area contributed by atoms with Crippen molar-refractivity contribution in [3.05, 3.63) is 0 Å². The van der Waals surface area contributed by atoms with Gasteiger partial charge in [0.2, 0.25) is 5.24 Å². The van der Waals surface area contributed by atoms with Gasteiger partial charge >= 0.3 is 0 Å². The highest BCUT2D eigenvalue weighted by atomic mass is 35.5. The van der Waals surface area contributed by atoms with E-state index in [1.807, 2.05) is 0 Å². The van der Waals surface area contributed by atoms with E-state index in [-0.39, 0.29) is 11.2 Å². The second kappa shape index (κ2) is 6.93. The van der Waals surface area contributed by atoms with Gasteiger partial charge in [-0.3, -0.25) is 4.79 Å². The van der Waals surface area contributed by atoms with Crippen molar-refractivity contribution in [2.24, 2.45) is 23.7 Å². The van der Waals surface area contributed by atoms with E-state index >= 15 is 0 Å². The Bertz CT molecular complexity index is 260. The molecule has 0 aliphatic heterocycles. The molecule has 2 aliphatic carbocycles. The molecule has 0 unspecified atom stereocenters. The fourth-order valence-corrected chi connectivity index (χ4v) is 4.39. The second-order valence-corrected chi connectivity index (χ2v) is 6.86. The average Bonchev–Trinajstić information content (AvgIpc) is 2.40. The summed E-state index contributed by atoms with van der Waals surface area (Å²) in [4.78, 5) is 11.2. The molecule has 0 saturated heterocycles. The smallest absolute Gasteiger partial charge is 0.224 e. The van der Waals surface area contributed by atoms with Crippen molar-refractivity contribution in [3.8, 4) is 0 Å². The van der Waals surface area contributed by atoms with E-state index in [4.69, 9.17) is 11.6 Å². The highest BCUT2D eigenvalue weighted by Gasteiger charge is 2.32. The van der Waals surface area contributed by atoms with Gasteiger partial charge in [0.1, 0.15) is 0 Å². The maximum Gasteiger partial charge on any atom is 0.224 e. The van der Waals surface area contributed by atoms with E-state index in [0.717, 1.165) is 30.6 Å². The number of hydrogen-bond donors (Lipinski definition) is 0. The SMILES string of the molecule is CCC[C@H]1CC[C@H]([C@H]2CC[C@H](C(=O)Cl)CC2)CC1. The Morgan fingerprint density at radius 2 is 1.44 bits per heavy atom. The number of halogens is 1. The van der Waals surface area contributed by atoms with Gasteiger partial charge < -0.3 is 0 Å². The standard InChI is InChI=1S/C16H27ClO/c1-2-3-12-4-6-13(7-5-12)14-8-10-15(11-9-14)16(17)18/h12-15H,2-11H2,1H3/t12-,13-,14-,15-. The molecule has 2 saturated carbocycles. The molecule has 0 radical (unpaired) electrons. The summed E-state index contributed by atoms with van der Waals surface area (Å²) in [5.74, 6) is 3.01. The van der Waals surface area contributed by atoms with E-state index in [2.05, 4.69) is 6.92 Å². The zero-order valence-corrected chi connectivity index (χ0v) is 12.4. The Kier molecular flexibility index (Phi) is 5.54. The summed E-state index contributed by atoms with van der Waals surface area (Å²) in [6.45, 7) is 2.30. The molecule has 0 atom stereocenters. The topological polar surface area (TPSA) is 17.1 Å². The molecule has 0 spiro atoms. The average molecular weight is 271 g/mol. The van der Waals surface area contributed by atoms with Gasteiger partial charge in [-0.15, -0.1) is 0 Å². The highest BCUT2D eigenvalue weighted by Crippen LogP contribution is 2.42. The van der Waals surface area contributed by atoms with Crippen molar-refractivity contribution >= 4 is 16.8 Å². The van der Waals surface area contributed by atoms with Crippen LogP contribution >= 0.6 is 11.6 Å². The van der Waals surface area contributed by atoms with Crippen molar-refractivity contribution in [2.45, 2.75) is 71.1 Å². The van der Waals surface area contributed by atoms with E-state index in [0.29, 0.717) is 0 Å². The molecular weight excluding hydrogens is 244 g/mol. The van der Waals surface area contributed by atoms with Gasteiger partial charge in [0.05, 0.1) is 0 Å². The minimum atomic E-state index is -0.0971. The number of carbonyl (C=O) groups is 1. The van der Waals surface area contributed by atoms with E-state index < -0.39 is 0 Å². The van der Waals surface area contributed by atoms with Crippen molar-refractivity contribution < 1.29 is 4.79 Å². The third kappa shape index (κ3) is 3.73. The number of hydrogen-bond acceptors (Lipinski definition) is 1. The molecule has 104 valence electrons. The third-order valence-corrected chi connectivity index (χ3v) is 5.66. The van der Waals surface area contributed by atoms with Crippen LogP contribution in [-0.4, -0.2) is 5.24 Å². The van der Waals surface area contributed by atoms with Crippen molar-refractivity contribution in [1.29, 1.82) is 0 Å². The Morgan fingerprint density at radius 3 is 1.89 bits per heavy atom. The molecule has 0 heterocycles. The molecule has 18 heavy (non-hydrogen) atoms. The second-order valence-electron chi connectivity index (χ2n) is 6.49. The molecule has 2 rings (SSSR count). The normalized spacial score (nSPS) is 37.4. The first-order valence-corrected chi connectivity index (χ1v) is 8.27. The monoisotopic (exact) mass is 270 g/mol. The summed E-state index contributed by atoms with van der Waals surface area (Å²) < 4.78 is 0. The molecule has 0 aromatic heterocycles. The minimum absolute atomic E-state index is 0.0971. The fraction of sp³-hybridized carbons (Fsp3) is 0.938.